The number of nitrogens with zero attached hydrogens (tertiary/aromatic N) is 4. The molecule has 33 heavy (non-hydrogen) atoms. The van der Waals surface area contributed by atoms with E-state index in [0.717, 1.165) is 61.1 Å². The summed E-state index contributed by atoms with van der Waals surface area (Å²) < 4.78 is 13.2. The minimum atomic E-state index is 0.418. The summed E-state index contributed by atoms with van der Waals surface area (Å²) in [7, 11) is 1.88. The van der Waals surface area contributed by atoms with E-state index in [0.29, 0.717) is 17.4 Å². The summed E-state index contributed by atoms with van der Waals surface area (Å²) in [5.41, 5.74) is 2.75. The van der Waals surface area contributed by atoms with E-state index in [1.165, 1.54) is 0 Å². The summed E-state index contributed by atoms with van der Waals surface area (Å²) in [4.78, 5) is 8.90. The van der Waals surface area contributed by atoms with Crippen LogP contribution in [0.3, 0.4) is 0 Å². The molecule has 0 aliphatic carbocycles. The third-order valence-corrected chi connectivity index (χ3v) is 5.38. The van der Waals surface area contributed by atoms with Gasteiger partial charge in [-0.25, -0.2) is 4.98 Å². The number of nitrogens with one attached hydrogen (secondary N) is 2. The molecule has 4 rings (SSSR count). The summed E-state index contributed by atoms with van der Waals surface area (Å²) in [6, 6.07) is 7.48. The molecule has 0 aromatic carbocycles. The van der Waals surface area contributed by atoms with Crippen LogP contribution in [0.1, 0.15) is 26.2 Å². The minimum Gasteiger partial charge on any atom is -0.456 e. The van der Waals surface area contributed by atoms with Crippen LogP contribution in [-0.2, 0) is 11.8 Å². The number of ether oxygens (including phenoxy) is 2. The molecular weight excluding hydrogens is 416 g/mol. The molecule has 3 aromatic rings. The van der Waals surface area contributed by atoms with E-state index in [9.17, 15) is 0 Å². The van der Waals surface area contributed by atoms with E-state index in [1.807, 2.05) is 37.5 Å². The smallest absolute Gasteiger partial charge is 0.145 e. The van der Waals surface area contributed by atoms with Gasteiger partial charge in [0, 0.05) is 55.9 Å². The standard InChI is InChI=1S/C25H30N6O2/c1-4-5-25(29-18(2)19-9-12-32-13-10-19)30-24-7-6-22(16-27-24)33-21-8-11-26-23(14-21)20-15-28-31(3)17-20/h5-8,11,14-17,19,29H,2,4,9-10,12-13H2,1,3H3,(H,27,30)/b25-5+. The zero-order valence-corrected chi connectivity index (χ0v) is 19.1. The molecule has 2 N–H and O–H groups in total. The lowest BCUT2D eigenvalue weighted by Gasteiger charge is -2.26. The average molecular weight is 447 g/mol. The van der Waals surface area contributed by atoms with E-state index in [-0.39, 0.29) is 0 Å². The first-order chi connectivity index (χ1) is 16.1. The van der Waals surface area contributed by atoms with Crippen molar-refractivity contribution in [3.63, 3.8) is 0 Å². The fourth-order valence-electron chi connectivity index (χ4n) is 3.63. The van der Waals surface area contributed by atoms with Crippen molar-refractivity contribution in [1.82, 2.24) is 25.1 Å². The summed E-state index contributed by atoms with van der Waals surface area (Å²) in [5, 5.41) is 11.0. The Bertz CT molecular complexity index is 1100. The third-order valence-electron chi connectivity index (χ3n) is 5.38. The number of anilines is 1. The predicted octanol–water partition coefficient (Wildman–Crippen LogP) is 4.86. The summed E-state index contributed by atoms with van der Waals surface area (Å²) in [6.45, 7) is 7.91. The highest BCUT2D eigenvalue weighted by molar-refractivity contribution is 5.58. The normalized spacial score (nSPS) is 14.7. The van der Waals surface area contributed by atoms with Gasteiger partial charge in [-0.05, 0) is 43.5 Å². The van der Waals surface area contributed by atoms with E-state index in [4.69, 9.17) is 9.47 Å². The summed E-state index contributed by atoms with van der Waals surface area (Å²) >= 11 is 0. The first-order valence-electron chi connectivity index (χ1n) is 11.2. The Morgan fingerprint density at radius 3 is 2.76 bits per heavy atom. The van der Waals surface area contributed by atoms with Gasteiger partial charge in [-0.2, -0.15) is 5.10 Å². The molecule has 1 aliphatic heterocycles. The second kappa shape index (κ2) is 10.8. The molecule has 0 atom stereocenters. The molecule has 3 aromatic heterocycles. The zero-order valence-electron chi connectivity index (χ0n) is 19.1. The number of hydrogen-bond acceptors (Lipinski definition) is 7. The predicted molar refractivity (Wildman–Crippen MR) is 129 cm³/mol. The van der Waals surface area contributed by atoms with Crippen molar-refractivity contribution < 1.29 is 9.47 Å². The highest BCUT2D eigenvalue weighted by atomic mass is 16.5. The van der Waals surface area contributed by atoms with Gasteiger partial charge in [0.2, 0.25) is 0 Å². The molecule has 0 unspecified atom stereocenters. The molecule has 1 aliphatic rings. The van der Waals surface area contributed by atoms with Crippen molar-refractivity contribution in [1.29, 1.82) is 0 Å². The molecular formula is C25H30N6O2. The van der Waals surface area contributed by atoms with Crippen LogP contribution in [0.15, 0.2) is 73.2 Å². The summed E-state index contributed by atoms with van der Waals surface area (Å²) in [6.07, 6.45) is 12.1. The first-order valence-corrected chi connectivity index (χ1v) is 11.2. The zero-order chi connectivity index (χ0) is 23.0. The maximum Gasteiger partial charge on any atom is 0.145 e. The molecule has 0 radical (unpaired) electrons. The van der Waals surface area contributed by atoms with Crippen LogP contribution in [0, 0.1) is 5.92 Å². The van der Waals surface area contributed by atoms with Crippen molar-refractivity contribution >= 4 is 5.82 Å². The van der Waals surface area contributed by atoms with Gasteiger partial charge < -0.3 is 20.1 Å². The topological polar surface area (TPSA) is 86.1 Å². The van der Waals surface area contributed by atoms with Gasteiger partial charge >= 0.3 is 0 Å². The van der Waals surface area contributed by atoms with Crippen LogP contribution in [0.5, 0.6) is 11.5 Å². The molecule has 0 spiro atoms. The van der Waals surface area contributed by atoms with Gasteiger partial charge in [0.1, 0.15) is 23.1 Å². The van der Waals surface area contributed by atoms with E-state index < -0.39 is 0 Å². The van der Waals surface area contributed by atoms with Crippen LogP contribution < -0.4 is 15.4 Å². The van der Waals surface area contributed by atoms with Crippen LogP contribution in [0.2, 0.25) is 0 Å². The Balaban J connectivity index is 1.38. The van der Waals surface area contributed by atoms with Gasteiger partial charge in [-0.3, -0.25) is 9.67 Å². The second-order valence-electron chi connectivity index (χ2n) is 7.95. The van der Waals surface area contributed by atoms with Gasteiger partial charge in [0.15, 0.2) is 0 Å². The Hall–Kier alpha value is -3.65. The Kier molecular flexibility index (Phi) is 7.36. The number of allylic oxidation sites excluding steroid dienone is 2. The third kappa shape index (κ3) is 6.20. The minimum absolute atomic E-state index is 0.418. The fourth-order valence-corrected chi connectivity index (χ4v) is 3.63. The molecule has 172 valence electrons. The van der Waals surface area contributed by atoms with Gasteiger partial charge in [-0.15, -0.1) is 0 Å². The highest BCUT2D eigenvalue weighted by Crippen LogP contribution is 2.26. The van der Waals surface area contributed by atoms with Crippen molar-refractivity contribution in [2.75, 3.05) is 18.5 Å². The molecule has 0 bridgehead atoms. The lowest BCUT2D eigenvalue weighted by Crippen LogP contribution is -2.27. The van der Waals surface area contributed by atoms with Crippen molar-refractivity contribution in [2.45, 2.75) is 26.2 Å². The molecule has 8 nitrogen and oxygen atoms in total. The Morgan fingerprint density at radius 1 is 1.21 bits per heavy atom. The van der Waals surface area contributed by atoms with Gasteiger partial charge in [0.25, 0.3) is 0 Å². The molecule has 0 amide bonds. The van der Waals surface area contributed by atoms with Crippen LogP contribution in [0.25, 0.3) is 11.3 Å². The van der Waals surface area contributed by atoms with E-state index in [2.05, 4.69) is 45.3 Å². The van der Waals surface area contributed by atoms with Gasteiger partial charge in [0.05, 0.1) is 18.1 Å². The van der Waals surface area contributed by atoms with E-state index in [1.54, 1.807) is 23.3 Å². The van der Waals surface area contributed by atoms with Crippen LogP contribution in [-0.4, -0.2) is 33.0 Å². The lowest BCUT2D eigenvalue weighted by atomic mass is 9.97. The molecule has 0 saturated carbocycles. The maximum atomic E-state index is 5.99. The first kappa shape index (κ1) is 22.5. The SMILES string of the molecule is C=C(N/C(=C\CC)Nc1ccc(Oc2ccnc(-c3cnn(C)c3)c2)cn1)C1CCOCC1. The monoisotopic (exact) mass is 446 g/mol. The van der Waals surface area contributed by atoms with E-state index >= 15 is 0 Å². The van der Waals surface area contributed by atoms with Crippen molar-refractivity contribution in [2.24, 2.45) is 13.0 Å². The Morgan fingerprint density at radius 2 is 2.06 bits per heavy atom. The average Bonchev–Trinajstić information content (AvgIpc) is 3.27. The van der Waals surface area contributed by atoms with Gasteiger partial charge in [-0.1, -0.05) is 13.5 Å². The van der Waals surface area contributed by atoms with Crippen molar-refractivity contribution in [3.05, 3.63) is 73.2 Å². The quantitative estimate of drug-likeness (QED) is 0.485. The fraction of sp³-hybridized carbons (Fsp3) is 0.320. The molecule has 8 heteroatoms. The number of rotatable bonds is 9. The summed E-state index contributed by atoms with van der Waals surface area (Å²) in [5.74, 6) is 3.35. The molecule has 4 heterocycles. The number of pyridine rings is 2. The van der Waals surface area contributed by atoms with Crippen LogP contribution in [0.4, 0.5) is 5.82 Å². The van der Waals surface area contributed by atoms with Crippen molar-refractivity contribution in [3.8, 4) is 22.8 Å². The number of hydrogen-bond donors (Lipinski definition) is 2. The maximum absolute atomic E-state index is 5.99. The number of aryl methyl sites for hydroxylation is 1. The Labute approximate surface area is 194 Å². The second-order valence-corrected chi connectivity index (χ2v) is 7.95. The number of aromatic nitrogens is 4. The highest BCUT2D eigenvalue weighted by Gasteiger charge is 2.17. The lowest BCUT2D eigenvalue weighted by molar-refractivity contribution is 0.0746. The molecule has 1 saturated heterocycles. The molecule has 1 fully saturated rings. The largest absolute Gasteiger partial charge is 0.456 e. The van der Waals surface area contributed by atoms with Crippen LogP contribution >= 0.6 is 0 Å².